The molecule has 1 saturated heterocycles. The maximum Gasteiger partial charge on any atom is 0.238 e. The number of nitrogens with zero attached hydrogens (tertiary/aromatic N) is 1. The molecule has 5 nitrogen and oxygen atoms in total. The normalized spacial score (nSPS) is 22.2. The van der Waals surface area contributed by atoms with Gasteiger partial charge >= 0.3 is 0 Å². The molecule has 2 atom stereocenters. The first-order valence-corrected chi connectivity index (χ1v) is 7.76. The van der Waals surface area contributed by atoms with Gasteiger partial charge < -0.3 is 14.8 Å². The lowest BCUT2D eigenvalue weighted by Gasteiger charge is -2.34. The third kappa shape index (κ3) is 4.37. The van der Waals surface area contributed by atoms with Gasteiger partial charge in [0.25, 0.3) is 0 Å². The van der Waals surface area contributed by atoms with Gasteiger partial charge in [0, 0.05) is 19.2 Å². The second-order valence-corrected chi connectivity index (χ2v) is 6.25. The van der Waals surface area contributed by atoms with Gasteiger partial charge in [-0.05, 0) is 30.4 Å². The van der Waals surface area contributed by atoms with Crippen molar-refractivity contribution in [3.05, 3.63) is 18.2 Å². The summed E-state index contributed by atoms with van der Waals surface area (Å²) < 4.78 is 10.5. The Balaban J connectivity index is 1.97. The molecule has 2 rings (SSSR count). The predicted molar refractivity (Wildman–Crippen MR) is 87.6 cm³/mol. The van der Waals surface area contributed by atoms with Crippen LogP contribution in [0.15, 0.2) is 18.2 Å². The van der Waals surface area contributed by atoms with E-state index in [0.717, 1.165) is 13.1 Å². The third-order valence-electron chi connectivity index (χ3n) is 3.99. The number of anilines is 1. The lowest BCUT2D eigenvalue weighted by molar-refractivity contribution is -0.117. The summed E-state index contributed by atoms with van der Waals surface area (Å²) in [6, 6.07) is 5.38. The van der Waals surface area contributed by atoms with Crippen molar-refractivity contribution >= 4 is 11.6 Å². The summed E-state index contributed by atoms with van der Waals surface area (Å²) in [5, 5.41) is 2.93. The molecule has 122 valence electrons. The van der Waals surface area contributed by atoms with Crippen molar-refractivity contribution in [2.45, 2.75) is 20.3 Å². The molecule has 1 N–H and O–H groups in total. The van der Waals surface area contributed by atoms with E-state index in [1.807, 2.05) is 6.07 Å². The quantitative estimate of drug-likeness (QED) is 0.908. The third-order valence-corrected chi connectivity index (χ3v) is 3.99. The average molecular weight is 306 g/mol. The fourth-order valence-corrected chi connectivity index (χ4v) is 3.22. The first kappa shape index (κ1) is 16.6. The topological polar surface area (TPSA) is 50.8 Å². The highest BCUT2D eigenvalue weighted by molar-refractivity contribution is 5.93. The van der Waals surface area contributed by atoms with Gasteiger partial charge in [0.05, 0.1) is 26.5 Å². The highest BCUT2D eigenvalue weighted by atomic mass is 16.5. The van der Waals surface area contributed by atoms with Gasteiger partial charge in [0.15, 0.2) is 0 Å². The van der Waals surface area contributed by atoms with Crippen molar-refractivity contribution in [1.82, 2.24) is 4.90 Å². The van der Waals surface area contributed by atoms with Gasteiger partial charge in [-0.2, -0.15) is 0 Å². The molecule has 1 aromatic carbocycles. The molecule has 0 unspecified atom stereocenters. The molecule has 0 spiro atoms. The Morgan fingerprint density at radius 2 is 1.91 bits per heavy atom. The van der Waals surface area contributed by atoms with Crippen LogP contribution in [-0.2, 0) is 4.79 Å². The Kier molecular flexibility index (Phi) is 5.66. The molecular formula is C17H26N2O3. The fraction of sp³-hybridized carbons (Fsp3) is 0.588. The minimum atomic E-state index is -0.00948. The van der Waals surface area contributed by atoms with Gasteiger partial charge in [-0.1, -0.05) is 13.8 Å². The Bertz CT molecular complexity index is 509. The first-order valence-electron chi connectivity index (χ1n) is 7.76. The number of carbonyl (C=O) groups is 1. The molecular weight excluding hydrogens is 280 g/mol. The van der Waals surface area contributed by atoms with E-state index < -0.39 is 0 Å². The molecule has 1 aliphatic rings. The van der Waals surface area contributed by atoms with Crippen LogP contribution in [0.2, 0.25) is 0 Å². The van der Waals surface area contributed by atoms with Gasteiger partial charge in [-0.15, -0.1) is 0 Å². The second-order valence-electron chi connectivity index (χ2n) is 6.25. The maximum absolute atomic E-state index is 12.3. The monoisotopic (exact) mass is 306 g/mol. The Labute approximate surface area is 132 Å². The lowest BCUT2D eigenvalue weighted by atomic mass is 9.92. The fourth-order valence-electron chi connectivity index (χ4n) is 3.22. The number of hydrogen-bond donors (Lipinski definition) is 1. The van der Waals surface area contributed by atoms with Crippen LogP contribution in [0.25, 0.3) is 0 Å². The molecule has 1 aromatic rings. The van der Waals surface area contributed by atoms with E-state index in [-0.39, 0.29) is 5.91 Å². The molecule has 0 radical (unpaired) electrons. The second kappa shape index (κ2) is 7.49. The number of likely N-dealkylation sites (tertiary alicyclic amines) is 1. The molecule has 1 amide bonds. The van der Waals surface area contributed by atoms with Gasteiger partial charge in [0.1, 0.15) is 11.5 Å². The van der Waals surface area contributed by atoms with E-state index in [4.69, 9.17) is 9.47 Å². The largest absolute Gasteiger partial charge is 0.497 e. The molecule has 22 heavy (non-hydrogen) atoms. The number of nitrogens with one attached hydrogen (secondary N) is 1. The van der Waals surface area contributed by atoms with E-state index >= 15 is 0 Å². The van der Waals surface area contributed by atoms with E-state index in [1.165, 1.54) is 6.42 Å². The molecule has 1 aliphatic heterocycles. The average Bonchev–Trinajstić information content (AvgIpc) is 2.46. The summed E-state index contributed by atoms with van der Waals surface area (Å²) in [5.41, 5.74) is 0.673. The number of benzene rings is 1. The van der Waals surface area contributed by atoms with Gasteiger partial charge in [0.2, 0.25) is 5.91 Å². The standard InChI is InChI=1S/C17H26N2O3/c1-12-7-13(2)10-19(9-12)11-17(20)18-15-6-5-14(21-3)8-16(15)22-4/h5-6,8,12-13H,7,9-11H2,1-4H3,(H,18,20)/t12-,13-/m1/s1. The van der Waals surface area contributed by atoms with Crippen LogP contribution in [-0.4, -0.2) is 44.7 Å². The number of ether oxygens (including phenoxy) is 2. The highest BCUT2D eigenvalue weighted by Gasteiger charge is 2.23. The predicted octanol–water partition coefficient (Wildman–Crippen LogP) is 2.62. The molecule has 1 heterocycles. The van der Waals surface area contributed by atoms with Crippen LogP contribution in [0, 0.1) is 11.8 Å². The highest BCUT2D eigenvalue weighted by Crippen LogP contribution is 2.29. The zero-order valence-corrected chi connectivity index (χ0v) is 13.9. The van der Waals surface area contributed by atoms with Crippen molar-refractivity contribution in [3.8, 4) is 11.5 Å². The van der Waals surface area contributed by atoms with Crippen LogP contribution < -0.4 is 14.8 Å². The van der Waals surface area contributed by atoms with E-state index in [9.17, 15) is 4.79 Å². The van der Waals surface area contributed by atoms with Crippen LogP contribution in [0.4, 0.5) is 5.69 Å². The molecule has 5 heteroatoms. The smallest absolute Gasteiger partial charge is 0.238 e. The Morgan fingerprint density at radius 1 is 1.23 bits per heavy atom. The van der Waals surface area contributed by atoms with Crippen LogP contribution >= 0.6 is 0 Å². The summed E-state index contributed by atoms with van der Waals surface area (Å²) in [4.78, 5) is 14.5. The van der Waals surface area contributed by atoms with Crippen LogP contribution in [0.3, 0.4) is 0 Å². The molecule has 0 bridgehead atoms. The van der Waals surface area contributed by atoms with E-state index in [2.05, 4.69) is 24.1 Å². The number of rotatable bonds is 5. The SMILES string of the molecule is COc1ccc(NC(=O)CN2C[C@H](C)C[C@@H](C)C2)c(OC)c1. The minimum Gasteiger partial charge on any atom is -0.497 e. The molecule has 0 aliphatic carbocycles. The number of piperidine rings is 1. The first-order chi connectivity index (χ1) is 10.5. The van der Waals surface area contributed by atoms with Crippen molar-refractivity contribution in [2.24, 2.45) is 11.8 Å². The molecule has 0 aromatic heterocycles. The maximum atomic E-state index is 12.3. The summed E-state index contributed by atoms with van der Waals surface area (Å²) in [7, 11) is 3.18. The van der Waals surface area contributed by atoms with Crippen molar-refractivity contribution in [2.75, 3.05) is 39.2 Å². The summed E-state index contributed by atoms with van der Waals surface area (Å²) >= 11 is 0. The van der Waals surface area contributed by atoms with Crippen LogP contribution in [0.1, 0.15) is 20.3 Å². The summed E-state index contributed by atoms with van der Waals surface area (Å²) in [6.07, 6.45) is 1.24. The van der Waals surface area contributed by atoms with Gasteiger partial charge in [-0.25, -0.2) is 0 Å². The lowest BCUT2D eigenvalue weighted by Crippen LogP contribution is -2.42. The van der Waals surface area contributed by atoms with E-state index in [1.54, 1.807) is 26.4 Å². The molecule has 0 saturated carbocycles. The number of carbonyl (C=O) groups excluding carboxylic acids is 1. The van der Waals surface area contributed by atoms with Gasteiger partial charge in [-0.3, -0.25) is 9.69 Å². The summed E-state index contributed by atoms with van der Waals surface area (Å²) in [5.74, 6) is 2.59. The Morgan fingerprint density at radius 3 is 2.50 bits per heavy atom. The minimum absolute atomic E-state index is 0.00948. The van der Waals surface area contributed by atoms with Crippen LogP contribution in [0.5, 0.6) is 11.5 Å². The van der Waals surface area contributed by atoms with E-state index in [0.29, 0.717) is 35.6 Å². The van der Waals surface area contributed by atoms with Crippen molar-refractivity contribution in [1.29, 1.82) is 0 Å². The zero-order chi connectivity index (χ0) is 16.1. The number of amides is 1. The molecule has 1 fully saturated rings. The van der Waals surface area contributed by atoms with Crippen molar-refractivity contribution < 1.29 is 14.3 Å². The summed E-state index contributed by atoms with van der Waals surface area (Å²) in [6.45, 7) is 6.87. The van der Waals surface area contributed by atoms with Crippen molar-refractivity contribution in [3.63, 3.8) is 0 Å². The number of hydrogen-bond acceptors (Lipinski definition) is 4. The zero-order valence-electron chi connectivity index (χ0n) is 13.9. The Hall–Kier alpha value is -1.75. The number of methoxy groups -OCH3 is 2.